The van der Waals surface area contributed by atoms with E-state index < -0.39 is 34.8 Å². The van der Waals surface area contributed by atoms with Gasteiger partial charge in [-0.25, -0.2) is 14.1 Å². The van der Waals surface area contributed by atoms with Crippen LogP contribution in [0.5, 0.6) is 0 Å². The van der Waals surface area contributed by atoms with E-state index >= 15 is 0 Å². The normalized spacial score (nSPS) is 11.7. The highest BCUT2D eigenvalue weighted by Gasteiger charge is 2.41. The van der Waals surface area contributed by atoms with E-state index in [1.807, 2.05) is 0 Å². The summed E-state index contributed by atoms with van der Waals surface area (Å²) in [4.78, 5) is 22.0. The third kappa shape index (κ3) is 4.17. The molecule has 0 saturated carbocycles. The molecule has 176 valence electrons. The Morgan fingerprint density at radius 1 is 1.00 bits per heavy atom. The van der Waals surface area contributed by atoms with E-state index in [9.17, 15) is 22.4 Å². The molecule has 0 bridgehead atoms. The Kier molecular flexibility index (Phi) is 5.40. The van der Waals surface area contributed by atoms with Crippen LogP contribution in [0.3, 0.4) is 0 Å². The lowest BCUT2D eigenvalue weighted by atomic mass is 10.1. The summed E-state index contributed by atoms with van der Waals surface area (Å²) in [6, 6.07) is 6.58. The molecule has 0 aliphatic rings. The SMILES string of the molecule is O=C(Nc1cnc(-n2nccn2)c(Cl)c1)c1cnn(-c2cc3ncccc3cc2F)c1C(F)(F)F. The monoisotopic (exact) mass is 502 g/mol. The maximum Gasteiger partial charge on any atom is 0.434 e. The fourth-order valence-electron chi connectivity index (χ4n) is 3.38. The lowest BCUT2D eigenvalue weighted by Gasteiger charge is -2.14. The summed E-state index contributed by atoms with van der Waals surface area (Å²) in [5, 5.41) is 14.1. The molecule has 1 amide bonds. The van der Waals surface area contributed by atoms with Gasteiger partial charge in [-0.2, -0.15) is 28.5 Å². The van der Waals surface area contributed by atoms with Crippen molar-refractivity contribution in [1.82, 2.24) is 34.7 Å². The molecule has 0 atom stereocenters. The van der Waals surface area contributed by atoms with Crippen LogP contribution < -0.4 is 5.32 Å². The van der Waals surface area contributed by atoms with Gasteiger partial charge >= 0.3 is 6.18 Å². The highest BCUT2D eigenvalue weighted by molar-refractivity contribution is 6.32. The Bertz CT molecular complexity index is 1570. The van der Waals surface area contributed by atoms with Crippen molar-refractivity contribution in [3.8, 4) is 11.5 Å². The maximum absolute atomic E-state index is 14.7. The number of nitrogens with zero attached hydrogens (tertiary/aromatic N) is 7. The number of fused-ring (bicyclic) bond motifs is 1. The van der Waals surface area contributed by atoms with Gasteiger partial charge in [0.05, 0.1) is 46.6 Å². The van der Waals surface area contributed by atoms with Gasteiger partial charge in [0.15, 0.2) is 11.5 Å². The highest BCUT2D eigenvalue weighted by Crippen LogP contribution is 2.35. The van der Waals surface area contributed by atoms with Crippen LogP contribution in [0.4, 0.5) is 23.2 Å². The summed E-state index contributed by atoms with van der Waals surface area (Å²) in [5.41, 5.74) is -2.53. The molecule has 0 aliphatic carbocycles. The summed E-state index contributed by atoms with van der Waals surface area (Å²) in [6.07, 6.45) is 1.06. The first-order chi connectivity index (χ1) is 16.7. The fourth-order valence-corrected chi connectivity index (χ4v) is 3.63. The van der Waals surface area contributed by atoms with Gasteiger partial charge in [-0.3, -0.25) is 9.78 Å². The number of carbonyl (C=O) groups is 1. The Hall–Kier alpha value is -4.39. The molecule has 5 aromatic rings. The number of hydrogen-bond acceptors (Lipinski definition) is 6. The Morgan fingerprint density at radius 2 is 1.77 bits per heavy atom. The smallest absolute Gasteiger partial charge is 0.320 e. The molecule has 35 heavy (non-hydrogen) atoms. The van der Waals surface area contributed by atoms with Gasteiger partial charge in [-0.05, 0) is 24.3 Å². The second-order valence-corrected chi connectivity index (χ2v) is 7.53. The average Bonchev–Trinajstić information content (AvgIpc) is 3.49. The zero-order valence-electron chi connectivity index (χ0n) is 17.2. The van der Waals surface area contributed by atoms with Gasteiger partial charge in [0, 0.05) is 11.6 Å². The summed E-state index contributed by atoms with van der Waals surface area (Å²) < 4.78 is 57.1. The number of carbonyl (C=O) groups excluding carboxylic acids is 1. The van der Waals surface area contributed by atoms with E-state index in [4.69, 9.17) is 11.6 Å². The number of aromatic nitrogens is 7. The Morgan fingerprint density at radius 3 is 2.49 bits per heavy atom. The fraction of sp³-hybridized carbons (Fsp3) is 0.0476. The van der Waals surface area contributed by atoms with Crippen molar-refractivity contribution in [2.75, 3.05) is 5.32 Å². The van der Waals surface area contributed by atoms with E-state index in [1.165, 1.54) is 30.9 Å². The lowest BCUT2D eigenvalue weighted by molar-refractivity contribution is -0.143. The van der Waals surface area contributed by atoms with Crippen LogP contribution in [0.15, 0.2) is 61.3 Å². The van der Waals surface area contributed by atoms with E-state index in [2.05, 4.69) is 30.6 Å². The van der Waals surface area contributed by atoms with E-state index in [1.54, 1.807) is 12.1 Å². The highest BCUT2D eigenvalue weighted by atomic mass is 35.5. The number of rotatable bonds is 4. The molecule has 0 spiro atoms. The minimum absolute atomic E-state index is 0.0119. The second-order valence-electron chi connectivity index (χ2n) is 7.12. The third-order valence-corrected chi connectivity index (χ3v) is 5.15. The van der Waals surface area contributed by atoms with Gasteiger partial charge in [-0.15, -0.1) is 4.80 Å². The summed E-state index contributed by atoms with van der Waals surface area (Å²) >= 11 is 6.14. The standard InChI is InChI=1S/C21H11ClF4N8O/c22-14-7-12(9-28-19(14)34-29-4-5-30-34)32-20(35)13-10-31-33(18(13)21(24,25)26)17-8-16-11(6-15(17)23)2-1-3-27-16/h1-10H,(H,32,35). The Labute approximate surface area is 198 Å². The first-order valence-corrected chi connectivity index (χ1v) is 10.1. The summed E-state index contributed by atoms with van der Waals surface area (Å²) in [6.45, 7) is 0. The number of anilines is 1. The van der Waals surface area contributed by atoms with Crippen molar-refractivity contribution in [3.63, 3.8) is 0 Å². The largest absolute Gasteiger partial charge is 0.434 e. The number of nitrogens with one attached hydrogen (secondary N) is 1. The van der Waals surface area contributed by atoms with Gasteiger partial charge in [-0.1, -0.05) is 17.7 Å². The maximum atomic E-state index is 14.7. The number of amides is 1. The van der Waals surface area contributed by atoms with Crippen LogP contribution in [0.1, 0.15) is 16.1 Å². The molecule has 0 radical (unpaired) electrons. The van der Waals surface area contributed by atoms with E-state index in [0.29, 0.717) is 16.3 Å². The van der Waals surface area contributed by atoms with Crippen molar-refractivity contribution in [2.24, 2.45) is 0 Å². The topological polar surface area (TPSA) is 103 Å². The molecule has 0 saturated heterocycles. The quantitative estimate of drug-likeness (QED) is 0.364. The predicted octanol–water partition coefficient (Wildman–Crippen LogP) is 4.46. The minimum atomic E-state index is -5.04. The van der Waals surface area contributed by atoms with Crippen molar-refractivity contribution >= 4 is 34.1 Å². The molecule has 14 heteroatoms. The first kappa shape index (κ1) is 22.4. The van der Waals surface area contributed by atoms with Crippen LogP contribution >= 0.6 is 11.6 Å². The number of benzene rings is 1. The molecule has 0 aliphatic heterocycles. The van der Waals surface area contributed by atoms with Gasteiger partial charge < -0.3 is 5.32 Å². The molecule has 0 fully saturated rings. The molecule has 1 N–H and O–H groups in total. The summed E-state index contributed by atoms with van der Waals surface area (Å²) in [7, 11) is 0. The van der Waals surface area contributed by atoms with Crippen molar-refractivity contribution in [1.29, 1.82) is 0 Å². The van der Waals surface area contributed by atoms with Crippen LogP contribution in [-0.2, 0) is 6.18 Å². The first-order valence-electron chi connectivity index (χ1n) is 9.76. The number of pyridine rings is 2. The number of hydrogen-bond donors (Lipinski definition) is 1. The van der Waals surface area contributed by atoms with Crippen LogP contribution in [0.2, 0.25) is 5.02 Å². The number of alkyl halides is 3. The van der Waals surface area contributed by atoms with Gasteiger partial charge in [0.2, 0.25) is 0 Å². The van der Waals surface area contributed by atoms with E-state index in [-0.39, 0.29) is 22.0 Å². The molecule has 5 rings (SSSR count). The lowest BCUT2D eigenvalue weighted by Crippen LogP contribution is -2.21. The predicted molar refractivity (Wildman–Crippen MR) is 116 cm³/mol. The second kappa shape index (κ2) is 8.43. The zero-order chi connectivity index (χ0) is 24.7. The molecule has 9 nitrogen and oxygen atoms in total. The molecule has 4 heterocycles. The molecule has 0 unspecified atom stereocenters. The van der Waals surface area contributed by atoms with Crippen LogP contribution in [0, 0.1) is 5.82 Å². The van der Waals surface area contributed by atoms with Gasteiger partial charge in [0.25, 0.3) is 5.91 Å². The van der Waals surface area contributed by atoms with Crippen molar-refractivity contribution in [2.45, 2.75) is 6.18 Å². The Balaban J connectivity index is 1.52. The third-order valence-electron chi connectivity index (χ3n) is 4.87. The number of halogens is 5. The zero-order valence-corrected chi connectivity index (χ0v) is 18.0. The summed E-state index contributed by atoms with van der Waals surface area (Å²) in [5.74, 6) is -1.96. The van der Waals surface area contributed by atoms with Crippen molar-refractivity contribution < 1.29 is 22.4 Å². The average molecular weight is 503 g/mol. The molecule has 4 aromatic heterocycles. The van der Waals surface area contributed by atoms with Crippen molar-refractivity contribution in [3.05, 3.63) is 83.4 Å². The molecular weight excluding hydrogens is 492 g/mol. The van der Waals surface area contributed by atoms with E-state index in [0.717, 1.165) is 16.9 Å². The molecular formula is C21H11ClF4N8O. The van der Waals surface area contributed by atoms with Crippen LogP contribution in [-0.4, -0.2) is 40.6 Å². The minimum Gasteiger partial charge on any atom is -0.320 e. The molecule has 1 aromatic carbocycles. The van der Waals surface area contributed by atoms with Crippen LogP contribution in [0.25, 0.3) is 22.4 Å². The van der Waals surface area contributed by atoms with Gasteiger partial charge in [0.1, 0.15) is 11.5 Å².